The first-order valence-electron chi connectivity index (χ1n) is 10.5. The lowest BCUT2D eigenvalue weighted by molar-refractivity contribution is -0.125. The molecule has 2 amide bonds. The van der Waals surface area contributed by atoms with Crippen LogP contribution >= 0.6 is 11.3 Å². The van der Waals surface area contributed by atoms with Crippen LogP contribution in [-0.4, -0.2) is 72.7 Å². The Bertz CT molecular complexity index is 655. The summed E-state index contributed by atoms with van der Waals surface area (Å²) in [5.41, 5.74) is 0. The number of hydrogen-bond acceptors (Lipinski definition) is 7. The molecule has 9 heteroatoms. The van der Waals surface area contributed by atoms with Gasteiger partial charge in [0.15, 0.2) is 0 Å². The predicted molar refractivity (Wildman–Crippen MR) is 112 cm³/mol. The van der Waals surface area contributed by atoms with E-state index in [1.807, 2.05) is 0 Å². The lowest BCUT2D eigenvalue weighted by Gasteiger charge is -2.30. The van der Waals surface area contributed by atoms with Gasteiger partial charge in [-0.15, -0.1) is 10.2 Å². The Kier molecular flexibility index (Phi) is 7.61. The summed E-state index contributed by atoms with van der Waals surface area (Å²) in [6.07, 6.45) is 4.15. The molecule has 3 heterocycles. The molecule has 0 saturated carbocycles. The van der Waals surface area contributed by atoms with Crippen LogP contribution < -0.4 is 15.1 Å². The topological polar surface area (TPSA) is 81.7 Å². The van der Waals surface area contributed by atoms with Crippen LogP contribution in [0.4, 0.5) is 10.3 Å². The van der Waals surface area contributed by atoms with Crippen LogP contribution in [-0.2, 0) is 9.59 Å². The van der Waals surface area contributed by atoms with Crippen LogP contribution in [0.3, 0.4) is 0 Å². The molecular weight excluding hydrogens is 376 g/mol. The van der Waals surface area contributed by atoms with E-state index in [1.54, 1.807) is 4.90 Å². The zero-order chi connectivity index (χ0) is 19.9. The number of carbonyl (C=O) groups excluding carboxylic acids is 2. The average Bonchev–Trinajstić information content (AvgIpc) is 3.37. The summed E-state index contributed by atoms with van der Waals surface area (Å²) in [5.74, 6) is 0.399. The zero-order valence-electron chi connectivity index (χ0n) is 17.0. The fraction of sp³-hybridized carbons (Fsp3) is 0.789. The molecule has 28 heavy (non-hydrogen) atoms. The number of rotatable bonds is 9. The molecule has 2 aliphatic heterocycles. The Morgan fingerprint density at radius 2 is 1.89 bits per heavy atom. The number of hydrogen-bond donors (Lipinski definition) is 1. The molecule has 8 nitrogen and oxygen atoms in total. The number of amides is 2. The van der Waals surface area contributed by atoms with Gasteiger partial charge in [0.05, 0.1) is 0 Å². The molecule has 0 radical (unpaired) electrons. The van der Waals surface area contributed by atoms with E-state index in [2.05, 4.69) is 39.2 Å². The number of piperidine rings is 1. The summed E-state index contributed by atoms with van der Waals surface area (Å²) in [5, 5.41) is 13.1. The first kappa shape index (κ1) is 21.0. The summed E-state index contributed by atoms with van der Waals surface area (Å²) in [4.78, 5) is 30.6. The number of carbonyl (C=O) groups is 2. The van der Waals surface area contributed by atoms with Gasteiger partial charge in [-0.25, -0.2) is 0 Å². The minimum atomic E-state index is 0.0808. The summed E-state index contributed by atoms with van der Waals surface area (Å²) in [7, 11) is 0. The molecule has 0 aliphatic carbocycles. The van der Waals surface area contributed by atoms with Crippen LogP contribution in [0.2, 0.25) is 0 Å². The third kappa shape index (κ3) is 5.20. The van der Waals surface area contributed by atoms with Gasteiger partial charge in [0, 0.05) is 38.5 Å². The van der Waals surface area contributed by atoms with Crippen LogP contribution in [0.15, 0.2) is 0 Å². The van der Waals surface area contributed by atoms with E-state index in [0.29, 0.717) is 11.6 Å². The Morgan fingerprint density at radius 1 is 1.18 bits per heavy atom. The molecule has 0 unspecified atom stereocenters. The third-order valence-electron chi connectivity index (χ3n) is 5.69. The van der Waals surface area contributed by atoms with E-state index >= 15 is 0 Å². The van der Waals surface area contributed by atoms with Crippen molar-refractivity contribution in [2.24, 2.45) is 5.92 Å². The molecule has 2 aliphatic rings. The van der Waals surface area contributed by atoms with Gasteiger partial charge in [0.25, 0.3) is 0 Å². The summed E-state index contributed by atoms with van der Waals surface area (Å²) in [6, 6.07) is 0. The number of anilines is 2. The average molecular weight is 409 g/mol. The van der Waals surface area contributed by atoms with E-state index < -0.39 is 0 Å². The first-order chi connectivity index (χ1) is 13.6. The van der Waals surface area contributed by atoms with Gasteiger partial charge in [-0.2, -0.15) is 0 Å². The van der Waals surface area contributed by atoms with E-state index in [4.69, 9.17) is 0 Å². The van der Waals surface area contributed by atoms with Crippen molar-refractivity contribution in [3.8, 4) is 0 Å². The highest BCUT2D eigenvalue weighted by Gasteiger charge is 2.29. The second kappa shape index (κ2) is 10.2. The van der Waals surface area contributed by atoms with Gasteiger partial charge < -0.3 is 15.1 Å². The van der Waals surface area contributed by atoms with E-state index in [9.17, 15) is 9.59 Å². The molecule has 2 fully saturated rings. The molecule has 3 rings (SSSR count). The van der Waals surface area contributed by atoms with Crippen molar-refractivity contribution < 1.29 is 9.59 Å². The van der Waals surface area contributed by atoms with E-state index in [-0.39, 0.29) is 17.7 Å². The second-order valence-corrected chi connectivity index (χ2v) is 8.38. The summed E-state index contributed by atoms with van der Waals surface area (Å²) in [6.45, 7) is 10.6. The van der Waals surface area contributed by atoms with Crippen molar-refractivity contribution in [3.05, 3.63) is 0 Å². The highest BCUT2D eigenvalue weighted by atomic mass is 32.1. The molecular formula is C19H32N6O2S. The highest BCUT2D eigenvalue weighted by Crippen LogP contribution is 2.32. The highest BCUT2D eigenvalue weighted by molar-refractivity contribution is 7.19. The minimum Gasteiger partial charge on any atom is -0.356 e. The maximum absolute atomic E-state index is 12.4. The maximum atomic E-state index is 12.4. The second-order valence-electron chi connectivity index (χ2n) is 7.45. The Hall–Kier alpha value is -1.74. The van der Waals surface area contributed by atoms with Gasteiger partial charge >= 0.3 is 0 Å². The minimum absolute atomic E-state index is 0.0808. The molecule has 156 valence electrons. The van der Waals surface area contributed by atoms with E-state index in [0.717, 1.165) is 76.6 Å². The lowest BCUT2D eigenvalue weighted by Crippen LogP contribution is -2.41. The van der Waals surface area contributed by atoms with Gasteiger partial charge in [0.2, 0.25) is 22.1 Å². The van der Waals surface area contributed by atoms with Crippen molar-refractivity contribution in [3.63, 3.8) is 0 Å². The fourth-order valence-corrected chi connectivity index (χ4v) is 4.77. The van der Waals surface area contributed by atoms with Crippen molar-refractivity contribution in [2.75, 3.05) is 55.6 Å². The largest absolute Gasteiger partial charge is 0.356 e. The standard InChI is InChI=1S/C19H32N6O2S/c1-3-23(4-2)11-6-10-20-17(27)15-8-13-24(14-9-15)18-21-22-19(28-18)25-12-5-7-16(25)26/h15H,3-14H2,1-2H3,(H,20,27). The molecule has 2 saturated heterocycles. The van der Waals surface area contributed by atoms with Crippen LogP contribution in [0.1, 0.15) is 46.0 Å². The lowest BCUT2D eigenvalue weighted by atomic mass is 9.96. The third-order valence-corrected chi connectivity index (χ3v) is 6.70. The van der Waals surface area contributed by atoms with Gasteiger partial charge in [-0.1, -0.05) is 25.2 Å². The van der Waals surface area contributed by atoms with Gasteiger partial charge in [-0.3, -0.25) is 14.5 Å². The molecule has 0 atom stereocenters. The first-order valence-corrected chi connectivity index (χ1v) is 11.3. The Labute approximate surface area is 171 Å². The molecule has 1 aromatic rings. The molecule has 0 aromatic carbocycles. The van der Waals surface area contributed by atoms with Gasteiger partial charge in [-0.05, 0) is 45.3 Å². The van der Waals surface area contributed by atoms with Crippen LogP contribution in [0.5, 0.6) is 0 Å². The molecule has 1 aromatic heterocycles. The maximum Gasteiger partial charge on any atom is 0.228 e. The number of aromatic nitrogens is 2. The number of nitrogens with zero attached hydrogens (tertiary/aromatic N) is 5. The Balaban J connectivity index is 1.40. The monoisotopic (exact) mass is 408 g/mol. The van der Waals surface area contributed by atoms with Crippen LogP contribution in [0.25, 0.3) is 0 Å². The van der Waals surface area contributed by atoms with Gasteiger partial charge in [0.1, 0.15) is 0 Å². The zero-order valence-corrected chi connectivity index (χ0v) is 17.8. The molecule has 1 N–H and O–H groups in total. The predicted octanol–water partition coefficient (Wildman–Crippen LogP) is 1.73. The van der Waals surface area contributed by atoms with Crippen LogP contribution in [0, 0.1) is 5.92 Å². The number of nitrogens with one attached hydrogen (secondary N) is 1. The van der Waals surface area contributed by atoms with Crippen molar-refractivity contribution in [2.45, 2.75) is 46.0 Å². The smallest absolute Gasteiger partial charge is 0.228 e. The van der Waals surface area contributed by atoms with Crippen molar-refractivity contribution >= 4 is 33.4 Å². The quantitative estimate of drug-likeness (QED) is 0.627. The van der Waals surface area contributed by atoms with Crippen molar-refractivity contribution in [1.29, 1.82) is 0 Å². The Morgan fingerprint density at radius 3 is 2.54 bits per heavy atom. The SMILES string of the molecule is CCN(CC)CCCNC(=O)C1CCN(c2nnc(N3CCCC3=O)s2)CC1. The normalized spacial score (nSPS) is 18.3. The van der Waals surface area contributed by atoms with Crippen molar-refractivity contribution in [1.82, 2.24) is 20.4 Å². The summed E-state index contributed by atoms with van der Waals surface area (Å²) >= 11 is 1.48. The summed E-state index contributed by atoms with van der Waals surface area (Å²) < 4.78 is 0. The van der Waals surface area contributed by atoms with E-state index in [1.165, 1.54) is 11.3 Å². The molecule has 0 spiro atoms. The fourth-order valence-electron chi connectivity index (χ4n) is 3.83. The molecule has 0 bridgehead atoms.